The van der Waals surface area contributed by atoms with E-state index in [1.165, 1.54) is 0 Å². The zero-order chi connectivity index (χ0) is 14.1. The quantitative estimate of drug-likeness (QED) is 0.856. The molecule has 0 radical (unpaired) electrons. The molecular weight excluding hydrogens is 280 g/mol. The van der Waals surface area contributed by atoms with E-state index < -0.39 is 0 Å². The highest BCUT2D eigenvalue weighted by Gasteiger charge is 2.31. The number of ether oxygens (including phenoxy) is 3. The second kappa shape index (κ2) is 5.72. The van der Waals surface area contributed by atoms with Gasteiger partial charge in [0, 0.05) is 17.9 Å². The molecule has 0 spiro atoms. The minimum atomic E-state index is -0.190. The summed E-state index contributed by atoms with van der Waals surface area (Å²) in [6.45, 7) is 3.74. The fourth-order valence-electron chi connectivity index (χ4n) is 2.79. The Balaban J connectivity index is 1.72. The summed E-state index contributed by atoms with van der Waals surface area (Å²) in [7, 11) is 0. The summed E-state index contributed by atoms with van der Waals surface area (Å²) >= 11 is 6.19. The molecule has 20 heavy (non-hydrogen) atoms. The molecule has 1 heterocycles. The fourth-order valence-corrected chi connectivity index (χ4v) is 3.13. The SMILES string of the molecule is C[C@@H]1CC(=O)c2c(OCCC3OCCO3)ccc(Cl)c21. The van der Waals surface area contributed by atoms with Crippen molar-refractivity contribution in [2.45, 2.75) is 32.0 Å². The zero-order valence-corrected chi connectivity index (χ0v) is 12.1. The van der Waals surface area contributed by atoms with Gasteiger partial charge in [0.05, 0.1) is 25.4 Å². The normalized spacial score (nSPS) is 22.3. The Labute approximate surface area is 123 Å². The lowest BCUT2D eigenvalue weighted by Gasteiger charge is -2.14. The molecule has 0 bridgehead atoms. The van der Waals surface area contributed by atoms with Crippen LogP contribution < -0.4 is 4.74 Å². The van der Waals surface area contributed by atoms with Crippen molar-refractivity contribution in [3.63, 3.8) is 0 Å². The number of carbonyl (C=O) groups excluding carboxylic acids is 1. The van der Waals surface area contributed by atoms with Crippen molar-refractivity contribution in [2.24, 2.45) is 0 Å². The van der Waals surface area contributed by atoms with Crippen LogP contribution in [0.15, 0.2) is 12.1 Å². The number of ketones is 1. The Morgan fingerprint density at radius 2 is 2.10 bits per heavy atom. The molecule has 1 aliphatic heterocycles. The number of hydrogen-bond donors (Lipinski definition) is 0. The summed E-state index contributed by atoms with van der Waals surface area (Å²) in [6, 6.07) is 3.57. The maximum Gasteiger partial charge on any atom is 0.167 e. The van der Waals surface area contributed by atoms with Gasteiger partial charge >= 0.3 is 0 Å². The van der Waals surface area contributed by atoms with Crippen molar-refractivity contribution >= 4 is 17.4 Å². The lowest BCUT2D eigenvalue weighted by molar-refractivity contribution is -0.0531. The standard InChI is InChI=1S/C15H17ClO4/c1-9-8-11(17)15-12(3-2-10(16)14(9)15)18-5-4-13-19-6-7-20-13/h2-3,9,13H,4-8H2,1H3/t9-/m1/s1. The molecule has 1 atom stereocenters. The smallest absolute Gasteiger partial charge is 0.167 e. The fraction of sp³-hybridized carbons (Fsp3) is 0.533. The van der Waals surface area contributed by atoms with Gasteiger partial charge in [0.2, 0.25) is 0 Å². The van der Waals surface area contributed by atoms with Gasteiger partial charge in [0.15, 0.2) is 12.1 Å². The molecule has 0 N–H and O–H groups in total. The summed E-state index contributed by atoms with van der Waals surface area (Å²) in [4.78, 5) is 12.1. The molecule has 1 fully saturated rings. The van der Waals surface area contributed by atoms with Gasteiger partial charge in [-0.2, -0.15) is 0 Å². The van der Waals surface area contributed by atoms with Crippen LogP contribution in [0.5, 0.6) is 5.75 Å². The first-order valence-electron chi connectivity index (χ1n) is 6.88. The van der Waals surface area contributed by atoms with Gasteiger partial charge in [-0.15, -0.1) is 0 Å². The summed E-state index contributed by atoms with van der Waals surface area (Å²) in [5, 5.41) is 0.646. The third kappa shape index (κ3) is 2.55. The van der Waals surface area contributed by atoms with Crippen LogP contribution in [0.25, 0.3) is 0 Å². The first kappa shape index (κ1) is 13.9. The van der Waals surface area contributed by atoms with Crippen LogP contribution in [0.3, 0.4) is 0 Å². The van der Waals surface area contributed by atoms with Crippen LogP contribution in [0.1, 0.15) is 41.6 Å². The van der Waals surface area contributed by atoms with Crippen LogP contribution in [0, 0.1) is 0 Å². The molecule has 5 heteroatoms. The molecule has 0 aromatic heterocycles. The van der Waals surface area contributed by atoms with E-state index in [0.29, 0.717) is 49.0 Å². The summed E-state index contributed by atoms with van der Waals surface area (Å²) in [6.07, 6.45) is 0.968. The highest BCUT2D eigenvalue weighted by molar-refractivity contribution is 6.32. The molecule has 1 saturated heterocycles. The van der Waals surface area contributed by atoms with E-state index in [2.05, 4.69) is 0 Å². The van der Waals surface area contributed by atoms with Crippen molar-refractivity contribution in [1.82, 2.24) is 0 Å². The summed E-state index contributed by atoms with van der Waals surface area (Å²) in [5.41, 5.74) is 1.57. The molecule has 2 aliphatic rings. The Morgan fingerprint density at radius 3 is 2.85 bits per heavy atom. The predicted octanol–water partition coefficient (Wildman–Crippen LogP) is 3.17. The minimum Gasteiger partial charge on any atom is -0.493 e. The van der Waals surface area contributed by atoms with Crippen molar-refractivity contribution in [3.8, 4) is 5.75 Å². The monoisotopic (exact) mass is 296 g/mol. The largest absolute Gasteiger partial charge is 0.493 e. The molecule has 1 aliphatic carbocycles. The topological polar surface area (TPSA) is 44.8 Å². The molecular formula is C15H17ClO4. The van der Waals surface area contributed by atoms with E-state index in [9.17, 15) is 4.79 Å². The number of Topliss-reactive ketones (excluding diaryl/α,β-unsaturated/α-hetero) is 1. The number of halogens is 1. The first-order valence-corrected chi connectivity index (χ1v) is 7.26. The third-order valence-electron chi connectivity index (χ3n) is 3.72. The maximum absolute atomic E-state index is 12.1. The molecule has 0 unspecified atom stereocenters. The van der Waals surface area contributed by atoms with Gasteiger partial charge in [-0.25, -0.2) is 0 Å². The molecule has 3 rings (SSSR count). The average Bonchev–Trinajstić information content (AvgIpc) is 3.02. The van der Waals surface area contributed by atoms with Gasteiger partial charge in [-0.3, -0.25) is 4.79 Å². The van der Waals surface area contributed by atoms with Crippen molar-refractivity contribution in [1.29, 1.82) is 0 Å². The highest BCUT2D eigenvalue weighted by atomic mass is 35.5. The van der Waals surface area contributed by atoms with Crippen LogP contribution in [0.4, 0.5) is 0 Å². The van der Waals surface area contributed by atoms with Crippen LogP contribution >= 0.6 is 11.6 Å². The second-order valence-electron chi connectivity index (χ2n) is 5.17. The van der Waals surface area contributed by atoms with Gasteiger partial charge in [0.25, 0.3) is 0 Å². The third-order valence-corrected chi connectivity index (χ3v) is 4.05. The Morgan fingerprint density at radius 1 is 1.35 bits per heavy atom. The number of fused-ring (bicyclic) bond motifs is 1. The van der Waals surface area contributed by atoms with E-state index >= 15 is 0 Å². The van der Waals surface area contributed by atoms with E-state index in [1.807, 2.05) is 6.92 Å². The molecule has 1 aromatic carbocycles. The predicted molar refractivity (Wildman–Crippen MR) is 74.6 cm³/mol. The Hall–Kier alpha value is -1.10. The van der Waals surface area contributed by atoms with Gasteiger partial charge in [0.1, 0.15) is 5.75 Å². The van der Waals surface area contributed by atoms with Crippen molar-refractivity contribution in [2.75, 3.05) is 19.8 Å². The van der Waals surface area contributed by atoms with Crippen LogP contribution in [-0.2, 0) is 9.47 Å². The lowest BCUT2D eigenvalue weighted by Crippen LogP contribution is -2.13. The maximum atomic E-state index is 12.1. The molecule has 0 saturated carbocycles. The number of hydrogen-bond acceptors (Lipinski definition) is 4. The van der Waals surface area contributed by atoms with E-state index in [4.69, 9.17) is 25.8 Å². The zero-order valence-electron chi connectivity index (χ0n) is 11.4. The highest BCUT2D eigenvalue weighted by Crippen LogP contribution is 2.42. The first-order chi connectivity index (χ1) is 9.66. The van der Waals surface area contributed by atoms with Gasteiger partial charge < -0.3 is 14.2 Å². The Bertz CT molecular complexity index is 523. The second-order valence-corrected chi connectivity index (χ2v) is 5.58. The summed E-state index contributed by atoms with van der Waals surface area (Å²) in [5.74, 6) is 0.894. The van der Waals surface area contributed by atoms with Gasteiger partial charge in [-0.1, -0.05) is 18.5 Å². The molecule has 0 amide bonds. The minimum absolute atomic E-state index is 0.110. The van der Waals surface area contributed by atoms with E-state index in [0.717, 1.165) is 5.56 Å². The average molecular weight is 297 g/mol. The van der Waals surface area contributed by atoms with Crippen molar-refractivity contribution in [3.05, 3.63) is 28.3 Å². The van der Waals surface area contributed by atoms with Crippen LogP contribution in [0.2, 0.25) is 5.02 Å². The number of carbonyl (C=O) groups is 1. The van der Waals surface area contributed by atoms with E-state index in [1.54, 1.807) is 12.1 Å². The molecule has 108 valence electrons. The van der Waals surface area contributed by atoms with Crippen LogP contribution in [-0.4, -0.2) is 31.9 Å². The molecule has 1 aromatic rings. The van der Waals surface area contributed by atoms with Gasteiger partial charge in [-0.05, 0) is 23.6 Å². The Kier molecular flexibility index (Phi) is 3.96. The molecule has 4 nitrogen and oxygen atoms in total. The summed E-state index contributed by atoms with van der Waals surface area (Å²) < 4.78 is 16.4. The number of benzene rings is 1. The van der Waals surface area contributed by atoms with Crippen molar-refractivity contribution < 1.29 is 19.0 Å². The van der Waals surface area contributed by atoms with E-state index in [-0.39, 0.29) is 18.0 Å². The lowest BCUT2D eigenvalue weighted by atomic mass is 10.0. The number of rotatable bonds is 4.